The Balaban J connectivity index is 1.46. The molecular formula is C25H26N2O4. The van der Waals surface area contributed by atoms with Gasteiger partial charge in [0.05, 0.1) is 7.11 Å². The second kappa shape index (κ2) is 10.8. The topological polar surface area (TPSA) is 76.7 Å². The maximum Gasteiger partial charge on any atom is 0.265 e. The zero-order chi connectivity index (χ0) is 22.1. The molecule has 3 aromatic carbocycles. The van der Waals surface area contributed by atoms with E-state index in [-0.39, 0.29) is 11.8 Å². The smallest absolute Gasteiger partial charge is 0.265 e. The van der Waals surface area contributed by atoms with Gasteiger partial charge in [-0.2, -0.15) is 0 Å². The van der Waals surface area contributed by atoms with Gasteiger partial charge in [0.25, 0.3) is 5.91 Å². The molecule has 0 aliphatic rings. The van der Waals surface area contributed by atoms with Crippen molar-refractivity contribution >= 4 is 23.2 Å². The number of ether oxygens (including phenoxy) is 2. The van der Waals surface area contributed by atoms with Gasteiger partial charge in [0, 0.05) is 17.8 Å². The first-order valence-corrected chi connectivity index (χ1v) is 10.1. The van der Waals surface area contributed by atoms with Crippen molar-refractivity contribution in [2.75, 3.05) is 17.7 Å². The summed E-state index contributed by atoms with van der Waals surface area (Å²) in [4.78, 5) is 24.5. The molecule has 0 spiro atoms. The maximum atomic E-state index is 12.4. The van der Waals surface area contributed by atoms with Crippen LogP contribution in [0.1, 0.15) is 18.9 Å². The number of hydrogen-bond donors (Lipinski definition) is 2. The number of benzene rings is 3. The lowest BCUT2D eigenvalue weighted by Crippen LogP contribution is -2.30. The van der Waals surface area contributed by atoms with Crippen LogP contribution in [0.5, 0.6) is 11.5 Å². The third kappa shape index (κ3) is 6.89. The van der Waals surface area contributed by atoms with E-state index in [2.05, 4.69) is 10.6 Å². The fourth-order valence-corrected chi connectivity index (χ4v) is 2.92. The van der Waals surface area contributed by atoms with E-state index in [1.54, 1.807) is 62.6 Å². The number of hydrogen-bond acceptors (Lipinski definition) is 4. The molecule has 3 aromatic rings. The summed E-state index contributed by atoms with van der Waals surface area (Å²) in [6.07, 6.45) is 0.418. The van der Waals surface area contributed by atoms with E-state index in [9.17, 15) is 9.59 Å². The van der Waals surface area contributed by atoms with Crippen molar-refractivity contribution in [3.05, 3.63) is 84.4 Å². The molecule has 0 heterocycles. The molecule has 0 radical (unpaired) electrons. The standard InChI is InChI=1S/C25H26N2O4/c1-18(31-23-15-13-22(30-2)14-16-23)25(29)27-21-11-9-20(10-12-21)26-24(28)17-8-19-6-4-3-5-7-19/h3-7,9-16,18H,8,17H2,1-2H3,(H,26,28)(H,27,29). The molecule has 0 saturated carbocycles. The Labute approximate surface area is 182 Å². The zero-order valence-corrected chi connectivity index (χ0v) is 17.6. The van der Waals surface area contributed by atoms with Crippen molar-refractivity contribution in [3.63, 3.8) is 0 Å². The van der Waals surface area contributed by atoms with E-state index < -0.39 is 6.10 Å². The molecule has 0 bridgehead atoms. The number of carbonyl (C=O) groups is 2. The van der Waals surface area contributed by atoms with Gasteiger partial charge < -0.3 is 20.1 Å². The van der Waals surface area contributed by atoms with E-state index in [0.29, 0.717) is 30.0 Å². The molecule has 6 heteroatoms. The monoisotopic (exact) mass is 418 g/mol. The largest absolute Gasteiger partial charge is 0.497 e. The van der Waals surface area contributed by atoms with E-state index in [0.717, 1.165) is 11.3 Å². The van der Waals surface area contributed by atoms with Crippen LogP contribution < -0.4 is 20.1 Å². The van der Waals surface area contributed by atoms with Gasteiger partial charge >= 0.3 is 0 Å². The zero-order valence-electron chi connectivity index (χ0n) is 17.6. The van der Waals surface area contributed by atoms with Gasteiger partial charge in [0.1, 0.15) is 11.5 Å². The van der Waals surface area contributed by atoms with Crippen molar-refractivity contribution in [1.82, 2.24) is 0 Å². The summed E-state index contributed by atoms with van der Waals surface area (Å²) in [7, 11) is 1.59. The van der Waals surface area contributed by atoms with Crippen LogP contribution in [0.3, 0.4) is 0 Å². The molecule has 2 amide bonds. The Hall–Kier alpha value is -3.80. The van der Waals surface area contributed by atoms with Crippen LogP contribution in [0, 0.1) is 0 Å². The lowest BCUT2D eigenvalue weighted by molar-refractivity contribution is -0.122. The van der Waals surface area contributed by atoms with Gasteiger partial charge in [-0.05, 0) is 67.4 Å². The lowest BCUT2D eigenvalue weighted by atomic mass is 10.1. The number of rotatable bonds is 9. The Bertz CT molecular complexity index is 986. The van der Waals surface area contributed by atoms with Gasteiger partial charge in [-0.25, -0.2) is 0 Å². The molecular weight excluding hydrogens is 392 g/mol. The van der Waals surface area contributed by atoms with E-state index in [1.807, 2.05) is 30.3 Å². The van der Waals surface area contributed by atoms with Crippen molar-refractivity contribution in [2.24, 2.45) is 0 Å². The summed E-state index contributed by atoms with van der Waals surface area (Å²) in [5.41, 5.74) is 2.43. The fraction of sp³-hybridized carbons (Fsp3) is 0.200. The molecule has 0 saturated heterocycles. The van der Waals surface area contributed by atoms with Crippen molar-refractivity contribution in [3.8, 4) is 11.5 Å². The highest BCUT2D eigenvalue weighted by molar-refractivity contribution is 5.95. The Morgan fingerprint density at radius 1 is 0.806 bits per heavy atom. The third-order valence-electron chi connectivity index (χ3n) is 4.66. The van der Waals surface area contributed by atoms with Crippen LogP contribution in [0.4, 0.5) is 11.4 Å². The fourth-order valence-electron chi connectivity index (χ4n) is 2.92. The normalized spacial score (nSPS) is 11.3. The SMILES string of the molecule is COc1ccc(OC(C)C(=O)Nc2ccc(NC(=O)CCc3ccccc3)cc2)cc1. The molecule has 6 nitrogen and oxygen atoms in total. The molecule has 31 heavy (non-hydrogen) atoms. The number of methoxy groups -OCH3 is 1. The first-order valence-electron chi connectivity index (χ1n) is 10.1. The highest BCUT2D eigenvalue weighted by Crippen LogP contribution is 2.19. The quantitative estimate of drug-likeness (QED) is 0.529. The molecule has 1 unspecified atom stereocenters. The minimum Gasteiger partial charge on any atom is -0.497 e. The van der Waals surface area contributed by atoms with Gasteiger partial charge in [-0.1, -0.05) is 30.3 Å². The van der Waals surface area contributed by atoms with E-state index >= 15 is 0 Å². The van der Waals surface area contributed by atoms with E-state index in [4.69, 9.17) is 9.47 Å². The van der Waals surface area contributed by atoms with Crippen LogP contribution in [0.25, 0.3) is 0 Å². The summed E-state index contributed by atoms with van der Waals surface area (Å²) in [6, 6.07) is 23.9. The number of aryl methyl sites for hydroxylation is 1. The molecule has 3 rings (SSSR count). The summed E-state index contributed by atoms with van der Waals surface area (Å²) >= 11 is 0. The van der Waals surface area contributed by atoms with Crippen molar-refractivity contribution in [1.29, 1.82) is 0 Å². The highest BCUT2D eigenvalue weighted by Gasteiger charge is 2.15. The second-order valence-corrected chi connectivity index (χ2v) is 7.04. The van der Waals surface area contributed by atoms with Crippen LogP contribution >= 0.6 is 0 Å². The van der Waals surface area contributed by atoms with Gasteiger partial charge in [0.2, 0.25) is 5.91 Å². The van der Waals surface area contributed by atoms with Crippen LogP contribution in [-0.4, -0.2) is 25.0 Å². The predicted molar refractivity (Wildman–Crippen MR) is 122 cm³/mol. The summed E-state index contributed by atoms with van der Waals surface area (Å²) < 4.78 is 10.8. The number of anilines is 2. The van der Waals surface area contributed by atoms with E-state index in [1.165, 1.54) is 0 Å². The van der Waals surface area contributed by atoms with Crippen molar-refractivity contribution in [2.45, 2.75) is 25.9 Å². The summed E-state index contributed by atoms with van der Waals surface area (Å²) in [5.74, 6) is 0.978. The Kier molecular flexibility index (Phi) is 7.65. The molecule has 0 fully saturated rings. The van der Waals surface area contributed by atoms with Gasteiger partial charge in [-0.15, -0.1) is 0 Å². The Morgan fingerprint density at radius 2 is 1.39 bits per heavy atom. The number of amides is 2. The second-order valence-electron chi connectivity index (χ2n) is 7.04. The summed E-state index contributed by atoms with van der Waals surface area (Å²) in [5, 5.41) is 5.68. The molecule has 0 aliphatic heterocycles. The predicted octanol–water partition coefficient (Wildman–Crippen LogP) is 4.67. The Morgan fingerprint density at radius 3 is 2.00 bits per heavy atom. The maximum absolute atomic E-state index is 12.4. The average Bonchev–Trinajstić information content (AvgIpc) is 2.80. The number of nitrogens with one attached hydrogen (secondary N) is 2. The molecule has 2 N–H and O–H groups in total. The molecule has 0 aliphatic carbocycles. The number of carbonyl (C=O) groups excluding carboxylic acids is 2. The first-order chi connectivity index (χ1) is 15.0. The first kappa shape index (κ1) is 21.9. The molecule has 160 valence electrons. The van der Waals surface area contributed by atoms with Gasteiger partial charge in [-0.3, -0.25) is 9.59 Å². The molecule has 0 aromatic heterocycles. The lowest BCUT2D eigenvalue weighted by Gasteiger charge is -2.15. The van der Waals surface area contributed by atoms with Crippen LogP contribution in [-0.2, 0) is 16.0 Å². The minimum atomic E-state index is -0.675. The van der Waals surface area contributed by atoms with Crippen LogP contribution in [0.15, 0.2) is 78.9 Å². The highest BCUT2D eigenvalue weighted by atomic mass is 16.5. The average molecular weight is 418 g/mol. The van der Waals surface area contributed by atoms with Crippen LogP contribution in [0.2, 0.25) is 0 Å². The minimum absolute atomic E-state index is 0.0536. The summed E-state index contributed by atoms with van der Waals surface area (Å²) in [6.45, 7) is 1.68. The third-order valence-corrected chi connectivity index (χ3v) is 4.66. The van der Waals surface area contributed by atoms with Crippen molar-refractivity contribution < 1.29 is 19.1 Å². The molecule has 1 atom stereocenters. The van der Waals surface area contributed by atoms with Gasteiger partial charge in [0.15, 0.2) is 6.10 Å².